The number of nitrogens with zero attached hydrogens (tertiary/aromatic N) is 2. The van der Waals surface area contributed by atoms with E-state index in [0.29, 0.717) is 69.6 Å². The van der Waals surface area contributed by atoms with E-state index in [1.54, 1.807) is 62.4 Å². The molecule has 1 atom stereocenters. The van der Waals surface area contributed by atoms with Crippen LogP contribution in [0.15, 0.2) is 74.1 Å². The van der Waals surface area contributed by atoms with Crippen molar-refractivity contribution in [1.29, 1.82) is 0 Å². The molecule has 2 heterocycles. The van der Waals surface area contributed by atoms with Gasteiger partial charge in [0.05, 0.1) is 52.2 Å². The zero-order valence-electron chi connectivity index (χ0n) is 25.2. The smallest absolute Gasteiger partial charge is 0.338 e. The third kappa shape index (κ3) is 7.01. The molecule has 5 rings (SSSR count). The van der Waals surface area contributed by atoms with Crippen LogP contribution in [-0.2, 0) is 16.1 Å². The maximum atomic E-state index is 14.2. The van der Waals surface area contributed by atoms with Crippen LogP contribution in [0, 0.1) is 0 Å². The number of fused-ring (bicyclic) bond motifs is 1. The standard InChI is InChI=1S/C33H28BrCl3N2O6S/c1-5-43-27-15-22(34)21(14-26(27)42-4)30-29(32(41)44-6-2)17(3)38-33-39(30)31(40)28(46-33)13-19-12-20(35)8-10-25(19)45-16-18-7-9-23(36)24(37)11-18/h7-15,30H,5-6,16H2,1-4H3/b28-13+/t30-/m1/s1. The normalized spacial score (nSPS) is 14.5. The van der Waals surface area contributed by atoms with Crippen LogP contribution in [0.4, 0.5) is 0 Å². The summed E-state index contributed by atoms with van der Waals surface area (Å²) in [4.78, 5) is 32.7. The molecule has 13 heteroatoms. The highest BCUT2D eigenvalue weighted by Crippen LogP contribution is 2.41. The minimum Gasteiger partial charge on any atom is -0.493 e. The Kier molecular flexibility index (Phi) is 10.8. The van der Waals surface area contributed by atoms with Crippen molar-refractivity contribution in [2.75, 3.05) is 20.3 Å². The van der Waals surface area contributed by atoms with Gasteiger partial charge in [0, 0.05) is 15.1 Å². The van der Waals surface area contributed by atoms with Crippen molar-refractivity contribution in [2.24, 2.45) is 4.99 Å². The molecule has 8 nitrogen and oxygen atoms in total. The van der Waals surface area contributed by atoms with E-state index in [2.05, 4.69) is 20.9 Å². The first kappa shape index (κ1) is 34.1. The molecule has 1 aliphatic rings. The molecule has 1 aromatic heterocycles. The third-order valence-corrected chi connectivity index (χ3v) is 9.68. The van der Waals surface area contributed by atoms with Crippen LogP contribution in [0.1, 0.15) is 43.5 Å². The van der Waals surface area contributed by atoms with Crippen molar-refractivity contribution in [1.82, 2.24) is 4.57 Å². The SMILES string of the molecule is CCOC(=O)C1=C(C)N=c2s/c(=C/c3cc(Cl)ccc3OCc3ccc(Cl)c(Cl)c3)c(=O)n2[C@@H]1c1cc(OC)c(OCC)cc1Br. The number of carbonyl (C=O) groups excluding carboxylic acids is 1. The second-order valence-electron chi connectivity index (χ2n) is 9.98. The van der Waals surface area contributed by atoms with Gasteiger partial charge in [-0.3, -0.25) is 9.36 Å². The van der Waals surface area contributed by atoms with Crippen molar-refractivity contribution in [3.63, 3.8) is 0 Å². The average molecular weight is 767 g/mol. The number of methoxy groups -OCH3 is 1. The van der Waals surface area contributed by atoms with Gasteiger partial charge in [-0.05, 0) is 80.4 Å². The van der Waals surface area contributed by atoms with E-state index in [1.165, 1.54) is 23.0 Å². The highest BCUT2D eigenvalue weighted by atomic mass is 79.9. The van der Waals surface area contributed by atoms with E-state index in [0.717, 1.165) is 5.56 Å². The molecule has 0 N–H and O–H groups in total. The number of aromatic nitrogens is 1. The fourth-order valence-corrected chi connectivity index (χ4v) is 7.05. The Balaban J connectivity index is 1.66. The molecule has 0 bridgehead atoms. The molecule has 0 unspecified atom stereocenters. The minimum absolute atomic E-state index is 0.153. The molecule has 4 aromatic rings. The lowest BCUT2D eigenvalue weighted by Gasteiger charge is -2.26. The number of rotatable bonds is 10. The number of halogens is 4. The summed E-state index contributed by atoms with van der Waals surface area (Å²) in [5.41, 5.74) is 2.30. The van der Waals surface area contributed by atoms with Crippen LogP contribution in [0.2, 0.25) is 15.1 Å². The van der Waals surface area contributed by atoms with Gasteiger partial charge in [0.2, 0.25) is 0 Å². The predicted octanol–water partition coefficient (Wildman–Crippen LogP) is 7.51. The topological polar surface area (TPSA) is 88.4 Å². The molecule has 0 fully saturated rings. The summed E-state index contributed by atoms with van der Waals surface area (Å²) in [5.74, 6) is 0.888. The first-order chi connectivity index (χ1) is 22.1. The molecule has 0 saturated carbocycles. The molecule has 3 aromatic carbocycles. The van der Waals surface area contributed by atoms with Gasteiger partial charge in [0.1, 0.15) is 12.4 Å². The number of ether oxygens (including phenoxy) is 4. The summed E-state index contributed by atoms with van der Waals surface area (Å²) < 4.78 is 25.4. The van der Waals surface area contributed by atoms with Gasteiger partial charge in [-0.1, -0.05) is 68.1 Å². The molecule has 46 heavy (non-hydrogen) atoms. The molecule has 0 amide bonds. The molecular formula is C33H28BrCl3N2O6S. The lowest BCUT2D eigenvalue weighted by Crippen LogP contribution is -2.40. The summed E-state index contributed by atoms with van der Waals surface area (Å²) in [6.45, 7) is 6.10. The quantitative estimate of drug-likeness (QED) is 0.156. The fourth-order valence-electron chi connectivity index (χ4n) is 4.97. The summed E-state index contributed by atoms with van der Waals surface area (Å²) in [6.07, 6.45) is 1.70. The Bertz CT molecular complexity index is 2040. The number of hydrogen-bond acceptors (Lipinski definition) is 8. The fraction of sp³-hybridized carbons (Fsp3) is 0.242. The van der Waals surface area contributed by atoms with Gasteiger partial charge in [0.15, 0.2) is 16.3 Å². The van der Waals surface area contributed by atoms with Crippen LogP contribution in [-0.4, -0.2) is 30.9 Å². The van der Waals surface area contributed by atoms with Gasteiger partial charge in [-0.15, -0.1) is 0 Å². The summed E-state index contributed by atoms with van der Waals surface area (Å²) in [7, 11) is 1.53. The number of benzene rings is 3. The average Bonchev–Trinajstić information content (AvgIpc) is 3.32. The number of hydrogen-bond donors (Lipinski definition) is 0. The van der Waals surface area contributed by atoms with Crippen molar-refractivity contribution in [3.8, 4) is 17.2 Å². The van der Waals surface area contributed by atoms with Gasteiger partial charge in [-0.25, -0.2) is 9.79 Å². The second kappa shape index (κ2) is 14.6. The number of thiazole rings is 1. The molecular weight excluding hydrogens is 739 g/mol. The predicted molar refractivity (Wildman–Crippen MR) is 185 cm³/mol. The molecule has 240 valence electrons. The highest BCUT2D eigenvalue weighted by Gasteiger charge is 2.35. The minimum atomic E-state index is -0.874. The van der Waals surface area contributed by atoms with Crippen LogP contribution in [0.25, 0.3) is 6.08 Å². The van der Waals surface area contributed by atoms with Crippen LogP contribution in [0.5, 0.6) is 17.2 Å². The highest BCUT2D eigenvalue weighted by molar-refractivity contribution is 9.10. The van der Waals surface area contributed by atoms with E-state index < -0.39 is 12.0 Å². The lowest BCUT2D eigenvalue weighted by molar-refractivity contribution is -0.139. The molecule has 0 saturated heterocycles. The van der Waals surface area contributed by atoms with Crippen molar-refractivity contribution >= 4 is 74.1 Å². The first-order valence-electron chi connectivity index (χ1n) is 14.1. The van der Waals surface area contributed by atoms with Gasteiger partial charge < -0.3 is 18.9 Å². The molecule has 0 radical (unpaired) electrons. The Hall–Kier alpha value is -3.28. The van der Waals surface area contributed by atoms with E-state index >= 15 is 0 Å². The Labute approximate surface area is 292 Å². The third-order valence-electron chi connectivity index (χ3n) is 7.03. The van der Waals surface area contributed by atoms with E-state index in [4.69, 9.17) is 53.8 Å². The van der Waals surface area contributed by atoms with Crippen molar-refractivity contribution < 1.29 is 23.7 Å². The zero-order chi connectivity index (χ0) is 33.1. The lowest BCUT2D eigenvalue weighted by atomic mass is 9.95. The zero-order valence-corrected chi connectivity index (χ0v) is 29.8. The van der Waals surface area contributed by atoms with E-state index in [1.807, 2.05) is 13.0 Å². The van der Waals surface area contributed by atoms with Crippen LogP contribution < -0.4 is 29.1 Å². The van der Waals surface area contributed by atoms with E-state index in [-0.39, 0.29) is 24.3 Å². The summed E-state index contributed by atoms with van der Waals surface area (Å²) in [6, 6.07) is 13.0. The van der Waals surface area contributed by atoms with E-state index in [9.17, 15) is 9.59 Å². The second-order valence-corrected chi connectivity index (χ2v) is 13.1. The Morgan fingerprint density at radius 3 is 2.48 bits per heavy atom. The van der Waals surface area contributed by atoms with Gasteiger partial charge in [-0.2, -0.15) is 0 Å². The molecule has 0 aliphatic carbocycles. The number of allylic oxidation sites excluding steroid dienone is 1. The maximum Gasteiger partial charge on any atom is 0.338 e. The van der Waals surface area contributed by atoms with Crippen LogP contribution >= 0.6 is 62.1 Å². The largest absolute Gasteiger partial charge is 0.493 e. The number of esters is 1. The monoisotopic (exact) mass is 764 g/mol. The Morgan fingerprint density at radius 1 is 1.00 bits per heavy atom. The van der Waals surface area contributed by atoms with Crippen molar-refractivity contribution in [2.45, 2.75) is 33.4 Å². The Morgan fingerprint density at radius 2 is 1.78 bits per heavy atom. The first-order valence-corrected chi connectivity index (χ1v) is 16.9. The molecule has 1 aliphatic heterocycles. The number of carbonyl (C=O) groups is 1. The maximum absolute atomic E-state index is 14.2. The van der Waals surface area contributed by atoms with Crippen LogP contribution in [0.3, 0.4) is 0 Å². The molecule has 0 spiro atoms. The summed E-state index contributed by atoms with van der Waals surface area (Å²) >= 11 is 23.4. The summed E-state index contributed by atoms with van der Waals surface area (Å²) in [5, 5.41) is 1.33. The van der Waals surface area contributed by atoms with Gasteiger partial charge in [0.25, 0.3) is 5.56 Å². The van der Waals surface area contributed by atoms with Gasteiger partial charge >= 0.3 is 5.97 Å². The van der Waals surface area contributed by atoms with Crippen molar-refractivity contribution in [3.05, 3.63) is 116 Å².